The van der Waals surface area contributed by atoms with E-state index in [1.54, 1.807) is 24.3 Å². The van der Waals surface area contributed by atoms with E-state index in [-0.39, 0.29) is 11.6 Å². The van der Waals surface area contributed by atoms with Crippen LogP contribution in [0.4, 0.5) is 5.69 Å². The Kier molecular flexibility index (Phi) is 4.99. The minimum absolute atomic E-state index is 0.0771. The molecule has 1 amide bonds. The summed E-state index contributed by atoms with van der Waals surface area (Å²) in [6.45, 7) is 1.95. The van der Waals surface area contributed by atoms with Crippen LogP contribution in [0.25, 0.3) is 0 Å². The monoisotopic (exact) mass is 342 g/mol. The molecule has 0 saturated carbocycles. The molecule has 2 aromatic rings. The van der Waals surface area contributed by atoms with Crippen molar-refractivity contribution in [3.05, 3.63) is 62.6 Å². The first-order chi connectivity index (χ1) is 9.90. The fourth-order valence-electron chi connectivity index (χ4n) is 1.99. The SMILES string of the molecule is CC(Nc1ccc(C(N)=O)c(Cl)c1)c1cccc(Cl)c1Cl. The molecule has 21 heavy (non-hydrogen) atoms. The van der Waals surface area contributed by atoms with Crippen LogP contribution in [-0.4, -0.2) is 5.91 Å². The molecule has 0 aliphatic rings. The molecule has 0 aliphatic heterocycles. The third-order valence-electron chi connectivity index (χ3n) is 3.07. The predicted octanol–water partition coefficient (Wildman–Crippen LogP) is 4.92. The van der Waals surface area contributed by atoms with Crippen molar-refractivity contribution in [3.8, 4) is 0 Å². The van der Waals surface area contributed by atoms with Gasteiger partial charge in [-0.05, 0) is 36.8 Å². The molecule has 0 fully saturated rings. The van der Waals surface area contributed by atoms with Crippen LogP contribution in [0.3, 0.4) is 0 Å². The van der Waals surface area contributed by atoms with E-state index in [2.05, 4.69) is 5.32 Å². The second-order valence-corrected chi connectivity index (χ2v) is 5.76. The van der Waals surface area contributed by atoms with Crippen molar-refractivity contribution in [2.45, 2.75) is 13.0 Å². The van der Waals surface area contributed by atoms with Gasteiger partial charge in [0.1, 0.15) is 0 Å². The van der Waals surface area contributed by atoms with Crippen LogP contribution in [0.2, 0.25) is 15.1 Å². The topological polar surface area (TPSA) is 55.1 Å². The number of carbonyl (C=O) groups excluding carboxylic acids is 1. The van der Waals surface area contributed by atoms with Crippen molar-refractivity contribution in [1.29, 1.82) is 0 Å². The standard InChI is InChI=1S/C15H13Cl3N2O/c1-8(10-3-2-4-12(16)14(10)18)20-9-5-6-11(15(19)21)13(17)7-9/h2-8,20H,1H3,(H2,19,21). The first kappa shape index (κ1) is 16.0. The average molecular weight is 344 g/mol. The van der Waals surface area contributed by atoms with E-state index in [9.17, 15) is 4.79 Å². The number of benzene rings is 2. The van der Waals surface area contributed by atoms with Gasteiger partial charge in [-0.2, -0.15) is 0 Å². The Hall–Kier alpha value is -1.42. The number of nitrogens with one attached hydrogen (secondary N) is 1. The minimum atomic E-state index is -0.558. The van der Waals surface area contributed by atoms with Crippen LogP contribution in [0.1, 0.15) is 28.9 Å². The Morgan fingerprint density at radius 1 is 1.14 bits per heavy atom. The summed E-state index contributed by atoms with van der Waals surface area (Å²) in [5.74, 6) is -0.558. The summed E-state index contributed by atoms with van der Waals surface area (Å²) < 4.78 is 0. The highest BCUT2D eigenvalue weighted by Gasteiger charge is 2.13. The molecule has 0 aromatic heterocycles. The van der Waals surface area contributed by atoms with Gasteiger partial charge in [-0.1, -0.05) is 46.9 Å². The quantitative estimate of drug-likeness (QED) is 0.828. The maximum Gasteiger partial charge on any atom is 0.250 e. The molecule has 110 valence electrons. The Labute approximate surface area is 138 Å². The number of carbonyl (C=O) groups is 1. The molecular formula is C15H13Cl3N2O. The zero-order valence-corrected chi connectivity index (χ0v) is 13.4. The molecule has 1 atom stereocenters. The van der Waals surface area contributed by atoms with Crippen molar-refractivity contribution in [2.75, 3.05) is 5.32 Å². The van der Waals surface area contributed by atoms with Gasteiger partial charge in [0.05, 0.1) is 26.7 Å². The van der Waals surface area contributed by atoms with E-state index < -0.39 is 5.91 Å². The van der Waals surface area contributed by atoms with E-state index in [1.165, 1.54) is 0 Å². The molecule has 0 aliphatic carbocycles. The Morgan fingerprint density at radius 3 is 2.48 bits per heavy atom. The fourth-order valence-corrected chi connectivity index (χ4v) is 2.73. The van der Waals surface area contributed by atoms with Gasteiger partial charge < -0.3 is 11.1 Å². The number of hydrogen-bond acceptors (Lipinski definition) is 2. The lowest BCUT2D eigenvalue weighted by Crippen LogP contribution is -2.12. The molecule has 1 unspecified atom stereocenters. The van der Waals surface area contributed by atoms with Gasteiger partial charge in [-0.25, -0.2) is 0 Å². The maximum absolute atomic E-state index is 11.1. The van der Waals surface area contributed by atoms with Gasteiger partial charge in [-0.3, -0.25) is 4.79 Å². The highest BCUT2D eigenvalue weighted by molar-refractivity contribution is 6.42. The molecule has 0 bridgehead atoms. The molecule has 0 radical (unpaired) electrons. The van der Waals surface area contributed by atoms with Crippen LogP contribution in [0.15, 0.2) is 36.4 Å². The molecule has 3 nitrogen and oxygen atoms in total. The summed E-state index contributed by atoms with van der Waals surface area (Å²) >= 11 is 18.2. The fraction of sp³-hybridized carbons (Fsp3) is 0.133. The van der Waals surface area contributed by atoms with Crippen molar-refractivity contribution in [1.82, 2.24) is 0 Å². The Morgan fingerprint density at radius 2 is 1.86 bits per heavy atom. The summed E-state index contributed by atoms with van der Waals surface area (Å²) in [6, 6.07) is 10.4. The molecule has 6 heteroatoms. The van der Waals surface area contributed by atoms with Gasteiger partial charge >= 0.3 is 0 Å². The molecule has 0 saturated heterocycles. The molecular weight excluding hydrogens is 331 g/mol. The van der Waals surface area contributed by atoms with Crippen LogP contribution < -0.4 is 11.1 Å². The lowest BCUT2D eigenvalue weighted by molar-refractivity contribution is 0.100. The van der Waals surface area contributed by atoms with Gasteiger partial charge in [0.15, 0.2) is 0 Å². The second-order valence-electron chi connectivity index (χ2n) is 4.57. The van der Waals surface area contributed by atoms with Gasteiger partial charge in [-0.15, -0.1) is 0 Å². The van der Waals surface area contributed by atoms with Crippen LogP contribution in [0.5, 0.6) is 0 Å². The zero-order valence-electron chi connectivity index (χ0n) is 11.2. The first-order valence-electron chi connectivity index (χ1n) is 6.20. The van der Waals surface area contributed by atoms with E-state index in [0.29, 0.717) is 15.1 Å². The van der Waals surface area contributed by atoms with E-state index >= 15 is 0 Å². The average Bonchev–Trinajstić information content (AvgIpc) is 2.41. The predicted molar refractivity (Wildman–Crippen MR) is 88.5 cm³/mol. The van der Waals surface area contributed by atoms with Crippen molar-refractivity contribution in [2.24, 2.45) is 5.73 Å². The molecule has 3 N–H and O–H groups in total. The first-order valence-corrected chi connectivity index (χ1v) is 7.33. The lowest BCUT2D eigenvalue weighted by Gasteiger charge is -2.18. The van der Waals surface area contributed by atoms with E-state index in [1.807, 2.05) is 19.1 Å². The summed E-state index contributed by atoms with van der Waals surface area (Å²) in [5, 5.41) is 4.57. The third-order valence-corrected chi connectivity index (χ3v) is 4.21. The molecule has 2 aromatic carbocycles. The van der Waals surface area contributed by atoms with Crippen LogP contribution >= 0.6 is 34.8 Å². The largest absolute Gasteiger partial charge is 0.378 e. The number of primary amides is 1. The zero-order chi connectivity index (χ0) is 15.6. The van der Waals surface area contributed by atoms with Crippen molar-refractivity contribution < 1.29 is 4.79 Å². The number of anilines is 1. The number of amides is 1. The van der Waals surface area contributed by atoms with E-state index in [0.717, 1.165) is 11.3 Å². The lowest BCUT2D eigenvalue weighted by atomic mass is 10.1. The number of halogens is 3. The Bertz CT molecular complexity index is 689. The maximum atomic E-state index is 11.1. The van der Waals surface area contributed by atoms with Crippen molar-refractivity contribution in [3.63, 3.8) is 0 Å². The Balaban J connectivity index is 2.24. The highest BCUT2D eigenvalue weighted by atomic mass is 35.5. The van der Waals surface area contributed by atoms with Crippen LogP contribution in [-0.2, 0) is 0 Å². The summed E-state index contributed by atoms with van der Waals surface area (Å²) in [4.78, 5) is 11.1. The summed E-state index contributed by atoms with van der Waals surface area (Å²) in [5.41, 5.74) is 7.14. The van der Waals surface area contributed by atoms with E-state index in [4.69, 9.17) is 40.5 Å². The molecule has 0 heterocycles. The summed E-state index contributed by atoms with van der Waals surface area (Å²) in [6.07, 6.45) is 0. The molecule has 2 rings (SSSR count). The smallest absolute Gasteiger partial charge is 0.250 e. The number of rotatable bonds is 4. The molecule has 0 spiro atoms. The van der Waals surface area contributed by atoms with Crippen LogP contribution in [0, 0.1) is 0 Å². The van der Waals surface area contributed by atoms with Gasteiger partial charge in [0.25, 0.3) is 0 Å². The summed E-state index contributed by atoms with van der Waals surface area (Å²) in [7, 11) is 0. The highest BCUT2D eigenvalue weighted by Crippen LogP contribution is 2.32. The third kappa shape index (κ3) is 3.62. The van der Waals surface area contributed by atoms with Crippen molar-refractivity contribution >= 4 is 46.4 Å². The number of hydrogen-bond donors (Lipinski definition) is 2. The van der Waals surface area contributed by atoms with Gasteiger partial charge in [0.2, 0.25) is 5.91 Å². The number of nitrogens with two attached hydrogens (primary N) is 1. The normalized spacial score (nSPS) is 12.0. The second kappa shape index (κ2) is 6.56. The van der Waals surface area contributed by atoms with Gasteiger partial charge in [0, 0.05) is 5.69 Å². The minimum Gasteiger partial charge on any atom is -0.378 e.